The van der Waals surface area contributed by atoms with Gasteiger partial charge in [0.1, 0.15) is 6.10 Å². The zero-order chi connectivity index (χ0) is 10.1. The molecule has 0 radical (unpaired) electrons. The van der Waals surface area contributed by atoms with E-state index in [1.54, 1.807) is 0 Å². The second-order valence-corrected chi connectivity index (χ2v) is 4.97. The molecule has 14 heavy (non-hydrogen) atoms. The Balaban J connectivity index is 2.01. The molecule has 2 aliphatic rings. The van der Waals surface area contributed by atoms with Crippen LogP contribution in [0.25, 0.3) is 0 Å². The third kappa shape index (κ3) is 1.55. The second kappa shape index (κ2) is 3.92. The smallest absolute Gasteiger partial charge is 0.138 e. The largest absolute Gasteiger partial charge is 0.392 e. The summed E-state index contributed by atoms with van der Waals surface area (Å²) in [4.78, 5) is 5.56. The molecule has 2 rings (SSSR count). The first-order valence-corrected chi connectivity index (χ1v) is 5.96. The highest BCUT2D eigenvalue weighted by molar-refractivity contribution is 5.88. The van der Waals surface area contributed by atoms with E-state index in [1.165, 1.54) is 25.0 Å². The summed E-state index contributed by atoms with van der Waals surface area (Å²) in [5, 5.41) is 4.28. The van der Waals surface area contributed by atoms with Crippen molar-refractivity contribution >= 4 is 5.71 Å². The van der Waals surface area contributed by atoms with Crippen molar-refractivity contribution in [3.8, 4) is 0 Å². The molecule has 0 spiro atoms. The molecule has 4 unspecified atom stereocenters. The molecule has 1 heterocycles. The first-order valence-electron chi connectivity index (χ1n) is 5.96. The lowest BCUT2D eigenvalue weighted by Gasteiger charge is -2.14. The Morgan fingerprint density at radius 2 is 2.14 bits per heavy atom. The van der Waals surface area contributed by atoms with Gasteiger partial charge in [-0.25, -0.2) is 0 Å². The van der Waals surface area contributed by atoms with Crippen LogP contribution >= 0.6 is 0 Å². The van der Waals surface area contributed by atoms with Crippen LogP contribution in [0.1, 0.15) is 46.5 Å². The lowest BCUT2D eigenvalue weighted by atomic mass is 9.89. The topological polar surface area (TPSA) is 21.6 Å². The van der Waals surface area contributed by atoms with E-state index >= 15 is 0 Å². The quantitative estimate of drug-likeness (QED) is 0.677. The molecule has 1 aliphatic heterocycles. The highest BCUT2D eigenvalue weighted by Crippen LogP contribution is 2.43. The molecule has 1 aliphatic carbocycles. The Bertz CT molecular complexity index is 236. The van der Waals surface area contributed by atoms with Crippen LogP contribution in [0.15, 0.2) is 5.16 Å². The normalized spacial score (nSPS) is 40.6. The van der Waals surface area contributed by atoms with Crippen LogP contribution in [-0.2, 0) is 4.84 Å². The lowest BCUT2D eigenvalue weighted by molar-refractivity contribution is 0.0448. The number of rotatable bonds is 3. The minimum atomic E-state index is 0.400. The SMILES string of the molecule is CCCCC1=NOC2C(C)CC(C)C12. The van der Waals surface area contributed by atoms with Crippen LogP contribution in [0.2, 0.25) is 0 Å². The highest BCUT2D eigenvalue weighted by Gasteiger charge is 2.46. The van der Waals surface area contributed by atoms with Gasteiger partial charge in [-0.1, -0.05) is 32.3 Å². The number of hydrogen-bond donors (Lipinski definition) is 0. The van der Waals surface area contributed by atoms with Crippen molar-refractivity contribution < 1.29 is 4.84 Å². The van der Waals surface area contributed by atoms with Gasteiger partial charge in [-0.15, -0.1) is 0 Å². The summed E-state index contributed by atoms with van der Waals surface area (Å²) >= 11 is 0. The van der Waals surface area contributed by atoms with Gasteiger partial charge in [0.2, 0.25) is 0 Å². The van der Waals surface area contributed by atoms with Gasteiger partial charge in [-0.2, -0.15) is 0 Å². The fourth-order valence-electron chi connectivity index (χ4n) is 2.99. The molecule has 80 valence electrons. The van der Waals surface area contributed by atoms with Crippen molar-refractivity contribution in [2.75, 3.05) is 0 Å². The molecular weight excluding hydrogens is 174 g/mol. The molecule has 0 amide bonds. The van der Waals surface area contributed by atoms with E-state index in [4.69, 9.17) is 4.84 Å². The Morgan fingerprint density at radius 3 is 2.86 bits per heavy atom. The van der Waals surface area contributed by atoms with Crippen molar-refractivity contribution in [2.45, 2.75) is 52.6 Å². The molecule has 2 nitrogen and oxygen atoms in total. The zero-order valence-corrected chi connectivity index (χ0v) is 9.49. The molecule has 0 aromatic carbocycles. The van der Waals surface area contributed by atoms with Crippen molar-refractivity contribution in [3.63, 3.8) is 0 Å². The number of fused-ring (bicyclic) bond motifs is 1. The third-order valence-corrected chi connectivity index (χ3v) is 3.73. The fraction of sp³-hybridized carbons (Fsp3) is 0.917. The Morgan fingerprint density at radius 1 is 1.36 bits per heavy atom. The zero-order valence-electron chi connectivity index (χ0n) is 9.49. The van der Waals surface area contributed by atoms with Crippen LogP contribution in [0.4, 0.5) is 0 Å². The summed E-state index contributed by atoms with van der Waals surface area (Å²) in [6, 6.07) is 0. The van der Waals surface area contributed by atoms with Crippen molar-refractivity contribution in [2.24, 2.45) is 22.9 Å². The number of oxime groups is 1. The van der Waals surface area contributed by atoms with Gasteiger partial charge in [0.05, 0.1) is 5.71 Å². The van der Waals surface area contributed by atoms with Crippen molar-refractivity contribution in [3.05, 3.63) is 0 Å². The molecule has 0 aromatic rings. The number of nitrogens with zero attached hydrogens (tertiary/aromatic N) is 1. The average Bonchev–Trinajstić information content (AvgIpc) is 2.67. The maximum Gasteiger partial charge on any atom is 0.138 e. The molecule has 1 saturated carbocycles. The fourth-order valence-corrected chi connectivity index (χ4v) is 2.99. The number of hydrogen-bond acceptors (Lipinski definition) is 2. The van der Waals surface area contributed by atoms with E-state index in [1.807, 2.05) is 0 Å². The summed E-state index contributed by atoms with van der Waals surface area (Å²) in [5.74, 6) is 2.10. The minimum absolute atomic E-state index is 0.400. The van der Waals surface area contributed by atoms with Crippen LogP contribution < -0.4 is 0 Å². The summed E-state index contributed by atoms with van der Waals surface area (Å²) in [7, 11) is 0. The maximum atomic E-state index is 5.56. The molecule has 0 aromatic heterocycles. The van der Waals surface area contributed by atoms with Gasteiger partial charge < -0.3 is 4.84 Å². The summed E-state index contributed by atoms with van der Waals surface area (Å²) < 4.78 is 0. The summed E-state index contributed by atoms with van der Waals surface area (Å²) in [6.45, 7) is 6.87. The van der Waals surface area contributed by atoms with Gasteiger partial charge in [0.25, 0.3) is 0 Å². The van der Waals surface area contributed by atoms with Crippen molar-refractivity contribution in [1.82, 2.24) is 0 Å². The molecule has 4 atom stereocenters. The Hall–Kier alpha value is -0.530. The second-order valence-electron chi connectivity index (χ2n) is 4.97. The molecule has 0 N–H and O–H groups in total. The third-order valence-electron chi connectivity index (χ3n) is 3.73. The first kappa shape index (κ1) is 10.0. The van der Waals surface area contributed by atoms with E-state index in [2.05, 4.69) is 25.9 Å². The molecular formula is C12H21NO. The first-order chi connectivity index (χ1) is 6.74. The standard InChI is InChI=1S/C12H21NO/c1-4-5-6-10-11-8(2)7-9(3)12(11)14-13-10/h8-9,11-12H,4-7H2,1-3H3. The molecule has 0 saturated heterocycles. The predicted octanol–water partition coefficient (Wildman–Crippen LogP) is 3.22. The minimum Gasteiger partial charge on any atom is -0.392 e. The van der Waals surface area contributed by atoms with Crippen LogP contribution in [0.5, 0.6) is 0 Å². The lowest BCUT2D eigenvalue weighted by Crippen LogP contribution is -2.24. The van der Waals surface area contributed by atoms with Crippen LogP contribution in [-0.4, -0.2) is 11.8 Å². The Kier molecular flexibility index (Phi) is 2.80. The van der Waals surface area contributed by atoms with E-state index in [9.17, 15) is 0 Å². The van der Waals surface area contributed by atoms with Crippen molar-refractivity contribution in [1.29, 1.82) is 0 Å². The van der Waals surface area contributed by atoms with E-state index < -0.39 is 0 Å². The molecule has 0 bridgehead atoms. The molecule has 1 fully saturated rings. The average molecular weight is 195 g/mol. The summed E-state index contributed by atoms with van der Waals surface area (Å²) in [6.07, 6.45) is 5.36. The summed E-state index contributed by atoms with van der Waals surface area (Å²) in [5.41, 5.74) is 1.34. The molecule has 2 heteroatoms. The van der Waals surface area contributed by atoms with Gasteiger partial charge in [-0.3, -0.25) is 0 Å². The van der Waals surface area contributed by atoms with Crippen LogP contribution in [0, 0.1) is 17.8 Å². The monoisotopic (exact) mass is 195 g/mol. The van der Waals surface area contributed by atoms with E-state index in [-0.39, 0.29) is 0 Å². The Labute approximate surface area is 86.7 Å². The highest BCUT2D eigenvalue weighted by atomic mass is 16.6. The van der Waals surface area contributed by atoms with Gasteiger partial charge >= 0.3 is 0 Å². The van der Waals surface area contributed by atoms with Gasteiger partial charge in [0, 0.05) is 5.92 Å². The van der Waals surface area contributed by atoms with Gasteiger partial charge in [0.15, 0.2) is 0 Å². The number of unbranched alkanes of at least 4 members (excludes halogenated alkanes) is 1. The van der Waals surface area contributed by atoms with Crippen LogP contribution in [0.3, 0.4) is 0 Å². The van der Waals surface area contributed by atoms with E-state index in [0.29, 0.717) is 17.9 Å². The predicted molar refractivity (Wildman–Crippen MR) is 58.3 cm³/mol. The maximum absolute atomic E-state index is 5.56. The van der Waals surface area contributed by atoms with Gasteiger partial charge in [-0.05, 0) is 31.1 Å². The van der Waals surface area contributed by atoms with E-state index in [0.717, 1.165) is 12.3 Å².